The molecule has 0 bridgehead atoms. The summed E-state index contributed by atoms with van der Waals surface area (Å²) in [6.07, 6.45) is 4.41. The molecule has 0 heterocycles. The predicted molar refractivity (Wildman–Crippen MR) is 127 cm³/mol. The van der Waals surface area contributed by atoms with Crippen molar-refractivity contribution in [3.05, 3.63) is 35.4 Å². The van der Waals surface area contributed by atoms with E-state index in [9.17, 15) is 19.5 Å². The monoisotopic (exact) mass is 461 g/mol. The van der Waals surface area contributed by atoms with E-state index < -0.39 is 29.7 Å². The van der Waals surface area contributed by atoms with Crippen LogP contribution in [0.4, 0.5) is 4.79 Å². The number of carbonyl (C=O) groups is 3. The number of carbonyl (C=O) groups excluding carboxylic acids is 3. The molecule has 0 spiro atoms. The van der Waals surface area contributed by atoms with Gasteiger partial charge in [0.25, 0.3) is 0 Å². The third-order valence-electron chi connectivity index (χ3n) is 5.60. The second kappa shape index (κ2) is 12.0. The summed E-state index contributed by atoms with van der Waals surface area (Å²) in [6, 6.07) is 5.65. The topological polar surface area (TPSA) is 108 Å². The van der Waals surface area contributed by atoms with Crippen LogP contribution >= 0.6 is 0 Å². The van der Waals surface area contributed by atoms with Crippen LogP contribution in [0, 0.1) is 6.92 Å². The van der Waals surface area contributed by atoms with Crippen LogP contribution in [0.3, 0.4) is 0 Å². The molecule has 2 rings (SSSR count). The van der Waals surface area contributed by atoms with Gasteiger partial charge in [-0.25, -0.2) is 4.79 Å². The van der Waals surface area contributed by atoms with Crippen molar-refractivity contribution in [2.45, 2.75) is 90.4 Å². The van der Waals surface area contributed by atoms with E-state index in [4.69, 9.17) is 4.74 Å². The molecule has 1 fully saturated rings. The Morgan fingerprint density at radius 2 is 1.85 bits per heavy atom. The maximum absolute atomic E-state index is 13.5. The molecule has 33 heavy (non-hydrogen) atoms. The Morgan fingerprint density at radius 3 is 2.42 bits per heavy atom. The van der Waals surface area contributed by atoms with Gasteiger partial charge in [-0.15, -0.1) is 0 Å². The summed E-state index contributed by atoms with van der Waals surface area (Å²) in [6.45, 7) is 8.31. The van der Waals surface area contributed by atoms with Gasteiger partial charge < -0.3 is 25.4 Å². The molecular formula is C25H39N3O5. The maximum Gasteiger partial charge on any atom is 0.408 e. The zero-order valence-corrected chi connectivity index (χ0v) is 20.5. The largest absolute Gasteiger partial charge is 0.444 e. The normalized spacial score (nSPS) is 16.4. The summed E-state index contributed by atoms with van der Waals surface area (Å²) in [7, 11) is 0. The van der Waals surface area contributed by atoms with Gasteiger partial charge in [-0.3, -0.25) is 9.59 Å². The zero-order valence-electron chi connectivity index (χ0n) is 20.5. The summed E-state index contributed by atoms with van der Waals surface area (Å²) in [4.78, 5) is 40.4. The van der Waals surface area contributed by atoms with Crippen molar-refractivity contribution in [1.82, 2.24) is 15.5 Å². The van der Waals surface area contributed by atoms with Gasteiger partial charge in [0.1, 0.15) is 17.7 Å². The molecule has 0 aromatic heterocycles. The zero-order chi connectivity index (χ0) is 24.6. The minimum atomic E-state index is -0.943. The first-order valence-corrected chi connectivity index (χ1v) is 11.8. The lowest BCUT2D eigenvalue weighted by molar-refractivity contribution is -0.143. The fourth-order valence-corrected chi connectivity index (χ4v) is 4.11. The van der Waals surface area contributed by atoms with Crippen molar-refractivity contribution < 1.29 is 24.2 Å². The van der Waals surface area contributed by atoms with Gasteiger partial charge >= 0.3 is 6.09 Å². The summed E-state index contributed by atoms with van der Waals surface area (Å²) < 4.78 is 5.26. The number of nitrogens with one attached hydrogen (secondary N) is 2. The standard InChI is InChI=1S/C25H39N3O5/c1-17-10-9-11-19(16-17)21(22(30)27-20-12-7-6-8-13-20)28(14-15-29)23(31)18(2)26-24(32)33-25(3,4)5/h9-11,16,18,20-21,29H,6-8,12-15H2,1-5H3,(H,26,32)(H,27,30). The van der Waals surface area contributed by atoms with Crippen LogP contribution < -0.4 is 10.6 Å². The molecule has 1 aromatic rings. The first kappa shape index (κ1) is 26.6. The number of aliphatic hydroxyl groups is 1. The number of aliphatic hydroxyl groups excluding tert-OH is 1. The van der Waals surface area contributed by atoms with Crippen LogP contribution in [-0.2, 0) is 14.3 Å². The van der Waals surface area contributed by atoms with E-state index in [2.05, 4.69) is 10.6 Å². The Hall–Kier alpha value is -2.61. The van der Waals surface area contributed by atoms with Gasteiger partial charge in [0, 0.05) is 12.6 Å². The molecule has 3 N–H and O–H groups in total. The number of benzene rings is 1. The van der Waals surface area contributed by atoms with E-state index in [1.165, 1.54) is 4.90 Å². The number of ether oxygens (including phenoxy) is 1. The fraction of sp³-hybridized carbons (Fsp3) is 0.640. The van der Waals surface area contributed by atoms with Crippen molar-refractivity contribution in [3.8, 4) is 0 Å². The summed E-state index contributed by atoms with van der Waals surface area (Å²) in [5, 5.41) is 15.4. The van der Waals surface area contributed by atoms with Gasteiger partial charge in [-0.1, -0.05) is 49.1 Å². The van der Waals surface area contributed by atoms with Gasteiger partial charge in [-0.2, -0.15) is 0 Å². The predicted octanol–water partition coefficient (Wildman–Crippen LogP) is 3.22. The molecule has 8 nitrogen and oxygen atoms in total. The smallest absolute Gasteiger partial charge is 0.408 e. The summed E-state index contributed by atoms with van der Waals surface area (Å²) in [5.41, 5.74) is 0.913. The van der Waals surface area contributed by atoms with Gasteiger partial charge in [-0.05, 0) is 53.0 Å². The number of rotatable bonds is 8. The third kappa shape index (κ3) is 8.35. The fourth-order valence-electron chi connectivity index (χ4n) is 4.11. The minimum Gasteiger partial charge on any atom is -0.444 e. The highest BCUT2D eigenvalue weighted by molar-refractivity contribution is 5.92. The van der Waals surface area contributed by atoms with E-state index in [0.717, 1.165) is 37.7 Å². The Morgan fingerprint density at radius 1 is 1.18 bits per heavy atom. The van der Waals surface area contributed by atoms with Gasteiger partial charge in [0.2, 0.25) is 11.8 Å². The van der Waals surface area contributed by atoms with E-state index >= 15 is 0 Å². The summed E-state index contributed by atoms with van der Waals surface area (Å²) in [5.74, 6) is -0.751. The van der Waals surface area contributed by atoms with E-state index in [-0.39, 0.29) is 25.1 Å². The van der Waals surface area contributed by atoms with Crippen molar-refractivity contribution in [3.63, 3.8) is 0 Å². The highest BCUT2D eigenvalue weighted by Gasteiger charge is 2.35. The maximum atomic E-state index is 13.5. The highest BCUT2D eigenvalue weighted by atomic mass is 16.6. The second-order valence-corrected chi connectivity index (χ2v) is 9.78. The third-order valence-corrected chi connectivity index (χ3v) is 5.60. The molecule has 2 atom stereocenters. The van der Waals surface area contributed by atoms with Crippen LogP contribution in [0.15, 0.2) is 24.3 Å². The number of nitrogens with zero attached hydrogens (tertiary/aromatic N) is 1. The lowest BCUT2D eigenvalue weighted by Crippen LogP contribution is -2.53. The van der Waals surface area contributed by atoms with Crippen LogP contribution in [0.5, 0.6) is 0 Å². The first-order chi connectivity index (χ1) is 15.5. The SMILES string of the molecule is Cc1cccc(C(C(=O)NC2CCCCC2)N(CCO)C(=O)C(C)NC(=O)OC(C)(C)C)c1. The average molecular weight is 462 g/mol. The van der Waals surface area contributed by atoms with Gasteiger partial charge in [0.15, 0.2) is 0 Å². The van der Waals surface area contributed by atoms with Gasteiger partial charge in [0.05, 0.1) is 6.61 Å². The minimum absolute atomic E-state index is 0.0458. The Labute approximate surface area is 197 Å². The lowest BCUT2D eigenvalue weighted by Gasteiger charge is -2.34. The highest BCUT2D eigenvalue weighted by Crippen LogP contribution is 2.25. The second-order valence-electron chi connectivity index (χ2n) is 9.78. The van der Waals surface area contributed by atoms with Crippen LogP contribution in [0.1, 0.15) is 77.0 Å². The quantitative estimate of drug-likeness (QED) is 0.551. The molecule has 8 heteroatoms. The van der Waals surface area contributed by atoms with Crippen LogP contribution in [0.2, 0.25) is 0 Å². The molecule has 3 amide bonds. The van der Waals surface area contributed by atoms with E-state index in [1.807, 2.05) is 31.2 Å². The van der Waals surface area contributed by atoms with Crippen molar-refractivity contribution in [2.75, 3.05) is 13.2 Å². The molecule has 1 aliphatic rings. The molecule has 1 saturated carbocycles. The number of hydrogen-bond donors (Lipinski definition) is 3. The lowest BCUT2D eigenvalue weighted by atomic mass is 9.94. The van der Waals surface area contributed by atoms with Crippen LogP contribution in [0.25, 0.3) is 0 Å². The molecular weight excluding hydrogens is 422 g/mol. The molecule has 0 aliphatic heterocycles. The molecule has 184 valence electrons. The van der Waals surface area contributed by atoms with Crippen LogP contribution in [-0.4, -0.2) is 58.8 Å². The molecule has 1 aliphatic carbocycles. The first-order valence-electron chi connectivity index (χ1n) is 11.8. The number of amides is 3. The molecule has 1 aromatic carbocycles. The molecule has 0 radical (unpaired) electrons. The number of hydrogen-bond acceptors (Lipinski definition) is 5. The van der Waals surface area contributed by atoms with E-state index in [1.54, 1.807) is 27.7 Å². The number of alkyl carbamates (subject to hydrolysis) is 1. The Kier molecular flexibility index (Phi) is 9.70. The molecule has 0 saturated heterocycles. The van der Waals surface area contributed by atoms with Crippen molar-refractivity contribution >= 4 is 17.9 Å². The Bertz CT molecular complexity index is 815. The molecule has 2 unspecified atom stereocenters. The number of aryl methyl sites for hydroxylation is 1. The van der Waals surface area contributed by atoms with E-state index in [0.29, 0.717) is 5.56 Å². The van der Waals surface area contributed by atoms with Crippen molar-refractivity contribution in [1.29, 1.82) is 0 Å². The average Bonchev–Trinajstić information content (AvgIpc) is 2.72. The van der Waals surface area contributed by atoms with Crippen molar-refractivity contribution in [2.24, 2.45) is 0 Å². The summed E-state index contributed by atoms with van der Waals surface area (Å²) >= 11 is 0. The Balaban J connectivity index is 2.29.